The van der Waals surface area contributed by atoms with Crippen molar-refractivity contribution in [2.75, 3.05) is 11.4 Å². The topological polar surface area (TPSA) is 76.6 Å². The fraction of sp³-hybridized carbons (Fsp3) is 0.278. The number of benzene rings is 1. The molecule has 1 aromatic carbocycles. The molecule has 0 aliphatic carbocycles. The number of aryl methyl sites for hydroxylation is 1. The van der Waals surface area contributed by atoms with E-state index in [1.165, 1.54) is 12.1 Å². The van der Waals surface area contributed by atoms with Crippen LogP contribution in [0.1, 0.15) is 24.0 Å². The Kier molecular flexibility index (Phi) is 5.81. The molecule has 3 rings (SSSR count). The van der Waals surface area contributed by atoms with Crippen LogP contribution >= 0.6 is 15.9 Å². The number of anilines is 1. The van der Waals surface area contributed by atoms with Crippen LogP contribution in [-0.4, -0.2) is 22.3 Å². The SMILES string of the molecule is CC1=NC(OCc2ccc(F)cc2F)=C(Br)CN1c1cnc(CN)nc1C. The Bertz CT molecular complexity index is 932. The summed E-state index contributed by atoms with van der Waals surface area (Å²) >= 11 is 3.47. The highest BCUT2D eigenvalue weighted by atomic mass is 79.9. The normalized spacial score (nSPS) is 14.4. The molecule has 0 spiro atoms. The third-order valence-electron chi connectivity index (χ3n) is 4.04. The maximum Gasteiger partial charge on any atom is 0.227 e. The molecule has 0 unspecified atom stereocenters. The van der Waals surface area contributed by atoms with Gasteiger partial charge in [0.15, 0.2) is 0 Å². The van der Waals surface area contributed by atoms with Crippen molar-refractivity contribution in [1.82, 2.24) is 9.97 Å². The van der Waals surface area contributed by atoms with E-state index in [1.807, 2.05) is 18.7 Å². The van der Waals surface area contributed by atoms with E-state index in [0.717, 1.165) is 17.4 Å². The van der Waals surface area contributed by atoms with E-state index in [2.05, 4.69) is 30.9 Å². The lowest BCUT2D eigenvalue weighted by atomic mass is 10.2. The van der Waals surface area contributed by atoms with Crippen molar-refractivity contribution in [3.8, 4) is 0 Å². The van der Waals surface area contributed by atoms with Crippen molar-refractivity contribution in [3.05, 3.63) is 63.5 Å². The predicted octanol–water partition coefficient (Wildman–Crippen LogP) is 3.54. The average molecular weight is 438 g/mol. The summed E-state index contributed by atoms with van der Waals surface area (Å²) in [7, 11) is 0. The summed E-state index contributed by atoms with van der Waals surface area (Å²) in [5.41, 5.74) is 7.43. The van der Waals surface area contributed by atoms with Crippen LogP contribution in [-0.2, 0) is 17.9 Å². The molecule has 1 aromatic heterocycles. The first-order valence-corrected chi connectivity index (χ1v) is 8.99. The predicted molar refractivity (Wildman–Crippen MR) is 102 cm³/mol. The fourth-order valence-corrected chi connectivity index (χ4v) is 3.07. The van der Waals surface area contributed by atoms with Gasteiger partial charge in [-0.15, -0.1) is 0 Å². The first-order valence-electron chi connectivity index (χ1n) is 8.20. The highest BCUT2D eigenvalue weighted by Crippen LogP contribution is 2.28. The van der Waals surface area contributed by atoms with Gasteiger partial charge in [0, 0.05) is 11.6 Å². The third kappa shape index (κ3) is 4.30. The third-order valence-corrected chi connectivity index (χ3v) is 4.63. The van der Waals surface area contributed by atoms with Gasteiger partial charge in [-0.1, -0.05) is 0 Å². The number of amidine groups is 1. The van der Waals surface area contributed by atoms with Gasteiger partial charge in [-0.05, 0) is 41.9 Å². The molecule has 142 valence electrons. The maximum absolute atomic E-state index is 13.8. The van der Waals surface area contributed by atoms with Crippen molar-refractivity contribution in [2.24, 2.45) is 10.7 Å². The summed E-state index contributed by atoms with van der Waals surface area (Å²) in [6.45, 7) is 4.39. The van der Waals surface area contributed by atoms with E-state index in [0.29, 0.717) is 28.6 Å². The lowest BCUT2D eigenvalue weighted by Gasteiger charge is -2.29. The van der Waals surface area contributed by atoms with Crippen LogP contribution in [0.4, 0.5) is 14.5 Å². The zero-order valence-corrected chi connectivity index (χ0v) is 16.4. The van der Waals surface area contributed by atoms with E-state index in [9.17, 15) is 8.78 Å². The average Bonchev–Trinajstić information content (AvgIpc) is 2.63. The Balaban J connectivity index is 1.76. The maximum atomic E-state index is 13.8. The summed E-state index contributed by atoms with van der Waals surface area (Å²) in [5, 5.41) is 0. The van der Waals surface area contributed by atoms with Crippen LogP contribution < -0.4 is 10.6 Å². The van der Waals surface area contributed by atoms with E-state index in [4.69, 9.17) is 10.5 Å². The number of hydrogen-bond acceptors (Lipinski definition) is 6. The van der Waals surface area contributed by atoms with E-state index in [-0.39, 0.29) is 18.7 Å². The molecule has 2 heterocycles. The zero-order valence-electron chi connectivity index (χ0n) is 14.8. The van der Waals surface area contributed by atoms with Crippen LogP contribution in [0.3, 0.4) is 0 Å². The van der Waals surface area contributed by atoms with Crippen molar-refractivity contribution >= 4 is 27.5 Å². The Labute approximate surface area is 163 Å². The lowest BCUT2D eigenvalue weighted by molar-refractivity contribution is 0.191. The van der Waals surface area contributed by atoms with Gasteiger partial charge >= 0.3 is 0 Å². The highest BCUT2D eigenvalue weighted by Gasteiger charge is 2.23. The lowest BCUT2D eigenvalue weighted by Crippen LogP contribution is -2.34. The summed E-state index contributed by atoms with van der Waals surface area (Å²) in [6.07, 6.45) is 1.71. The Hall–Kier alpha value is -2.39. The van der Waals surface area contributed by atoms with E-state index >= 15 is 0 Å². The molecular formula is C18H18BrF2N5O. The minimum atomic E-state index is -0.655. The smallest absolute Gasteiger partial charge is 0.227 e. The molecule has 0 saturated heterocycles. The van der Waals surface area contributed by atoms with Crippen LogP contribution in [0.5, 0.6) is 0 Å². The molecule has 0 bridgehead atoms. The number of halogens is 3. The molecule has 0 saturated carbocycles. The molecular weight excluding hydrogens is 420 g/mol. The molecule has 27 heavy (non-hydrogen) atoms. The zero-order chi connectivity index (χ0) is 19.6. The molecule has 1 aliphatic rings. The number of rotatable bonds is 5. The largest absolute Gasteiger partial charge is 0.472 e. The first kappa shape index (κ1) is 19.4. The molecule has 0 atom stereocenters. The van der Waals surface area contributed by atoms with Gasteiger partial charge in [0.2, 0.25) is 5.88 Å². The molecule has 6 nitrogen and oxygen atoms in total. The van der Waals surface area contributed by atoms with E-state index in [1.54, 1.807) is 6.20 Å². The number of ether oxygens (including phenoxy) is 1. The van der Waals surface area contributed by atoms with Crippen LogP contribution in [0.25, 0.3) is 0 Å². The monoisotopic (exact) mass is 437 g/mol. The Morgan fingerprint density at radius 1 is 1.30 bits per heavy atom. The minimum Gasteiger partial charge on any atom is -0.472 e. The van der Waals surface area contributed by atoms with E-state index < -0.39 is 11.6 Å². The van der Waals surface area contributed by atoms with Crippen LogP contribution in [0.15, 0.2) is 39.8 Å². The number of aliphatic imine (C=N–C) groups is 1. The second-order valence-electron chi connectivity index (χ2n) is 5.94. The Morgan fingerprint density at radius 3 is 2.74 bits per heavy atom. The second kappa shape index (κ2) is 8.10. The van der Waals surface area contributed by atoms with Gasteiger partial charge in [0.1, 0.15) is 29.9 Å². The van der Waals surface area contributed by atoms with Crippen molar-refractivity contribution in [2.45, 2.75) is 27.0 Å². The van der Waals surface area contributed by atoms with Crippen molar-refractivity contribution in [1.29, 1.82) is 0 Å². The molecule has 0 radical (unpaired) electrons. The molecule has 0 fully saturated rings. The number of hydrogen-bond donors (Lipinski definition) is 1. The number of nitrogens with two attached hydrogens (primary N) is 1. The summed E-state index contributed by atoms with van der Waals surface area (Å²) in [4.78, 5) is 15.0. The number of aromatic nitrogens is 2. The first-order chi connectivity index (χ1) is 12.9. The van der Waals surface area contributed by atoms with Crippen LogP contribution in [0.2, 0.25) is 0 Å². The van der Waals surface area contributed by atoms with Gasteiger partial charge in [0.25, 0.3) is 0 Å². The summed E-state index contributed by atoms with van der Waals surface area (Å²) in [5.74, 6) is 0.321. The quantitative estimate of drug-likeness (QED) is 0.773. The number of nitrogens with zero attached hydrogens (tertiary/aromatic N) is 4. The highest BCUT2D eigenvalue weighted by molar-refractivity contribution is 9.11. The molecule has 9 heteroatoms. The van der Waals surface area contributed by atoms with Gasteiger partial charge in [0.05, 0.1) is 35.2 Å². The molecule has 2 aromatic rings. The summed E-state index contributed by atoms with van der Waals surface area (Å²) in [6, 6.07) is 3.37. The molecule has 0 amide bonds. The Morgan fingerprint density at radius 2 is 2.07 bits per heavy atom. The van der Waals surface area contributed by atoms with Crippen molar-refractivity contribution in [3.63, 3.8) is 0 Å². The second-order valence-corrected chi connectivity index (χ2v) is 6.90. The van der Waals surface area contributed by atoms with Crippen LogP contribution in [0, 0.1) is 18.6 Å². The molecule has 2 N–H and O–H groups in total. The summed E-state index contributed by atoms with van der Waals surface area (Å²) < 4.78 is 33.1. The fourth-order valence-electron chi connectivity index (χ4n) is 2.62. The van der Waals surface area contributed by atoms with Gasteiger partial charge in [-0.3, -0.25) is 0 Å². The van der Waals surface area contributed by atoms with Crippen molar-refractivity contribution < 1.29 is 13.5 Å². The van der Waals surface area contributed by atoms with Gasteiger partial charge in [-0.25, -0.2) is 18.7 Å². The minimum absolute atomic E-state index is 0.0549. The van der Waals surface area contributed by atoms with Gasteiger partial charge in [-0.2, -0.15) is 4.99 Å². The standard InChI is InChI=1S/C18H18BrF2N5O/c1-10-16(7-23-17(6-22)24-10)26-8-14(19)18(25-11(26)2)27-9-12-3-4-13(20)5-15(12)21/h3-5,7H,6,8-9,22H2,1-2H3. The van der Waals surface area contributed by atoms with Gasteiger partial charge < -0.3 is 15.4 Å². The molecule has 1 aliphatic heterocycles.